The summed E-state index contributed by atoms with van der Waals surface area (Å²) >= 11 is 0. The third kappa shape index (κ3) is 3.36. The van der Waals surface area contributed by atoms with Gasteiger partial charge in [0, 0.05) is 11.3 Å². The number of benzene rings is 2. The molecule has 2 aromatic carbocycles. The number of nitriles is 1. The Balaban J connectivity index is 1.59. The predicted molar refractivity (Wildman–Crippen MR) is 86.1 cm³/mol. The highest BCUT2D eigenvalue weighted by Crippen LogP contribution is 2.22. The molecule has 0 N–H and O–H groups in total. The summed E-state index contributed by atoms with van der Waals surface area (Å²) in [4.78, 5) is 24.1. The van der Waals surface area contributed by atoms with Gasteiger partial charge >= 0.3 is 6.09 Å². The van der Waals surface area contributed by atoms with Crippen molar-refractivity contribution in [3.63, 3.8) is 0 Å². The number of amides is 1. The smallest absolute Gasteiger partial charge is 0.414 e. The molecule has 1 unspecified atom stereocenters. The first-order chi connectivity index (χ1) is 11.7. The maximum Gasteiger partial charge on any atom is 0.414 e. The Morgan fingerprint density at radius 2 is 1.92 bits per heavy atom. The molecule has 1 aliphatic heterocycles. The van der Waals surface area contributed by atoms with Gasteiger partial charge in [0.25, 0.3) is 0 Å². The SMILES string of the molecule is N#Cc1ccc(N2CC(COc3ccc(C=O)cc3)OC2=O)cc1. The van der Waals surface area contributed by atoms with Gasteiger partial charge in [0.1, 0.15) is 18.6 Å². The molecule has 0 aliphatic carbocycles. The van der Waals surface area contributed by atoms with Gasteiger partial charge in [-0.3, -0.25) is 9.69 Å². The van der Waals surface area contributed by atoms with E-state index in [1.165, 1.54) is 4.90 Å². The number of carbonyl (C=O) groups is 2. The molecule has 0 spiro atoms. The Hall–Kier alpha value is -3.33. The lowest BCUT2D eigenvalue weighted by molar-refractivity contribution is 0.105. The summed E-state index contributed by atoms with van der Waals surface area (Å²) in [5.74, 6) is 0.605. The van der Waals surface area contributed by atoms with E-state index >= 15 is 0 Å². The number of cyclic esters (lactones) is 1. The van der Waals surface area contributed by atoms with E-state index in [0.717, 1.165) is 6.29 Å². The molecule has 0 bridgehead atoms. The zero-order chi connectivity index (χ0) is 16.9. The zero-order valence-electron chi connectivity index (χ0n) is 12.7. The molecular weight excluding hydrogens is 308 g/mol. The molecule has 24 heavy (non-hydrogen) atoms. The van der Waals surface area contributed by atoms with E-state index < -0.39 is 6.09 Å². The quantitative estimate of drug-likeness (QED) is 0.791. The lowest BCUT2D eigenvalue weighted by Crippen LogP contribution is -2.26. The highest BCUT2D eigenvalue weighted by molar-refractivity contribution is 5.89. The number of aldehydes is 1. The zero-order valence-corrected chi connectivity index (χ0v) is 12.7. The molecule has 1 amide bonds. The molecule has 0 saturated carbocycles. The number of rotatable bonds is 5. The van der Waals surface area contributed by atoms with E-state index in [2.05, 4.69) is 0 Å². The fraction of sp³-hybridized carbons (Fsp3) is 0.167. The molecular formula is C18H14N2O4. The van der Waals surface area contributed by atoms with E-state index in [9.17, 15) is 9.59 Å². The molecule has 2 aromatic rings. The number of anilines is 1. The number of nitrogens with zero attached hydrogens (tertiary/aromatic N) is 2. The van der Waals surface area contributed by atoms with Crippen LogP contribution in [0.25, 0.3) is 0 Å². The van der Waals surface area contributed by atoms with Crippen molar-refractivity contribution in [2.24, 2.45) is 0 Å². The van der Waals surface area contributed by atoms with E-state index in [1.54, 1.807) is 48.5 Å². The van der Waals surface area contributed by atoms with Gasteiger partial charge in [-0.05, 0) is 48.5 Å². The predicted octanol–water partition coefficient (Wildman–Crippen LogP) is 2.77. The number of ether oxygens (including phenoxy) is 2. The molecule has 0 radical (unpaired) electrons. The Labute approximate surface area is 138 Å². The topological polar surface area (TPSA) is 79.6 Å². The summed E-state index contributed by atoms with van der Waals surface area (Å²) < 4.78 is 10.9. The van der Waals surface area contributed by atoms with Crippen molar-refractivity contribution in [3.05, 3.63) is 59.7 Å². The summed E-state index contributed by atoms with van der Waals surface area (Å²) in [6, 6.07) is 15.5. The van der Waals surface area contributed by atoms with Gasteiger partial charge in [-0.2, -0.15) is 5.26 Å². The van der Waals surface area contributed by atoms with Crippen LogP contribution in [0.2, 0.25) is 0 Å². The summed E-state index contributed by atoms with van der Waals surface area (Å²) in [6.45, 7) is 0.593. The minimum Gasteiger partial charge on any atom is -0.490 e. The van der Waals surface area contributed by atoms with Gasteiger partial charge in [-0.1, -0.05) is 0 Å². The molecule has 0 aromatic heterocycles. The normalized spacial score (nSPS) is 16.4. The van der Waals surface area contributed by atoms with Crippen molar-refractivity contribution < 1.29 is 19.1 Å². The van der Waals surface area contributed by atoms with Crippen LogP contribution in [-0.2, 0) is 4.74 Å². The van der Waals surface area contributed by atoms with Gasteiger partial charge in [0.2, 0.25) is 0 Å². The van der Waals surface area contributed by atoms with Crippen LogP contribution in [0, 0.1) is 11.3 Å². The van der Waals surface area contributed by atoms with Gasteiger partial charge in [-0.25, -0.2) is 4.79 Å². The maximum atomic E-state index is 12.0. The van der Waals surface area contributed by atoms with Crippen LogP contribution in [0.5, 0.6) is 5.75 Å². The van der Waals surface area contributed by atoms with Crippen molar-refractivity contribution >= 4 is 18.1 Å². The summed E-state index contributed by atoms with van der Waals surface area (Å²) in [5.41, 5.74) is 1.78. The summed E-state index contributed by atoms with van der Waals surface area (Å²) in [5, 5.41) is 8.81. The van der Waals surface area contributed by atoms with Crippen LogP contribution in [-0.4, -0.2) is 31.6 Å². The van der Waals surface area contributed by atoms with Gasteiger partial charge < -0.3 is 9.47 Å². The van der Waals surface area contributed by atoms with E-state index in [1.807, 2.05) is 6.07 Å². The van der Waals surface area contributed by atoms with Crippen LogP contribution in [0.3, 0.4) is 0 Å². The van der Waals surface area contributed by atoms with Crippen molar-refractivity contribution in [2.45, 2.75) is 6.10 Å². The Morgan fingerprint density at radius 3 is 2.54 bits per heavy atom. The number of hydrogen-bond acceptors (Lipinski definition) is 5. The Bertz CT molecular complexity index is 778. The summed E-state index contributed by atoms with van der Waals surface area (Å²) in [6.07, 6.45) is -0.0682. The lowest BCUT2D eigenvalue weighted by atomic mass is 10.2. The monoisotopic (exact) mass is 322 g/mol. The van der Waals surface area contributed by atoms with Gasteiger partial charge in [-0.15, -0.1) is 0 Å². The van der Waals surface area contributed by atoms with Crippen LogP contribution in [0.15, 0.2) is 48.5 Å². The first-order valence-corrected chi connectivity index (χ1v) is 7.36. The largest absolute Gasteiger partial charge is 0.490 e. The highest BCUT2D eigenvalue weighted by atomic mass is 16.6. The van der Waals surface area contributed by atoms with Crippen molar-refractivity contribution in [2.75, 3.05) is 18.1 Å². The number of carbonyl (C=O) groups excluding carboxylic acids is 2. The minimum absolute atomic E-state index is 0.221. The van der Waals surface area contributed by atoms with Crippen LogP contribution in [0.4, 0.5) is 10.5 Å². The molecule has 1 atom stereocenters. The average molecular weight is 322 g/mol. The first kappa shape index (κ1) is 15.6. The second-order valence-corrected chi connectivity index (χ2v) is 5.27. The van der Waals surface area contributed by atoms with Crippen molar-refractivity contribution in [1.29, 1.82) is 5.26 Å². The number of hydrogen-bond donors (Lipinski definition) is 0. The second kappa shape index (κ2) is 6.84. The molecule has 3 rings (SSSR count). The van der Waals surface area contributed by atoms with Crippen LogP contribution < -0.4 is 9.64 Å². The second-order valence-electron chi connectivity index (χ2n) is 5.27. The summed E-state index contributed by atoms with van der Waals surface area (Å²) in [7, 11) is 0. The minimum atomic E-state index is -0.440. The Kier molecular flexibility index (Phi) is 4.43. The molecule has 1 saturated heterocycles. The fourth-order valence-electron chi connectivity index (χ4n) is 2.37. The Morgan fingerprint density at radius 1 is 1.21 bits per heavy atom. The lowest BCUT2D eigenvalue weighted by Gasteiger charge is -2.13. The van der Waals surface area contributed by atoms with Gasteiger partial charge in [0.05, 0.1) is 18.2 Å². The fourth-order valence-corrected chi connectivity index (χ4v) is 2.37. The van der Waals surface area contributed by atoms with Crippen LogP contribution in [0.1, 0.15) is 15.9 Å². The average Bonchev–Trinajstić information content (AvgIpc) is 3.01. The molecule has 6 heteroatoms. The maximum absolute atomic E-state index is 12.0. The molecule has 6 nitrogen and oxygen atoms in total. The highest BCUT2D eigenvalue weighted by Gasteiger charge is 2.32. The van der Waals surface area contributed by atoms with Crippen LogP contribution >= 0.6 is 0 Å². The molecule has 1 fully saturated rings. The third-order valence-corrected chi connectivity index (χ3v) is 3.63. The first-order valence-electron chi connectivity index (χ1n) is 7.36. The standard InChI is InChI=1S/C18H14N2O4/c19-9-13-1-5-15(6-2-13)20-10-17(24-18(20)22)12-23-16-7-3-14(11-21)4-8-16/h1-8,11,17H,10,12H2. The third-order valence-electron chi connectivity index (χ3n) is 3.63. The van der Waals surface area contributed by atoms with E-state index in [-0.39, 0.29) is 12.7 Å². The molecule has 1 aliphatic rings. The van der Waals surface area contributed by atoms with E-state index in [0.29, 0.717) is 29.1 Å². The molecule has 1 heterocycles. The van der Waals surface area contributed by atoms with Crippen molar-refractivity contribution in [3.8, 4) is 11.8 Å². The van der Waals surface area contributed by atoms with Gasteiger partial charge in [0.15, 0.2) is 6.10 Å². The van der Waals surface area contributed by atoms with E-state index in [4.69, 9.17) is 14.7 Å². The van der Waals surface area contributed by atoms with Crippen molar-refractivity contribution in [1.82, 2.24) is 0 Å². The molecule has 120 valence electrons.